The molecule has 1 atom stereocenters. The SMILES string of the molecule is O=C(C1CCCN(Cc2ccccc2Cl)C1)N1CCN(c2ccc(F)cc2)CC1. The quantitative estimate of drug-likeness (QED) is 0.754. The molecule has 0 aliphatic carbocycles. The number of hydrogen-bond acceptors (Lipinski definition) is 3. The number of nitrogens with zero attached hydrogens (tertiary/aromatic N) is 3. The predicted molar refractivity (Wildman–Crippen MR) is 115 cm³/mol. The highest BCUT2D eigenvalue weighted by atomic mass is 35.5. The number of anilines is 1. The maximum atomic E-state index is 13.1. The van der Waals surface area contributed by atoms with Gasteiger partial charge in [-0.2, -0.15) is 0 Å². The summed E-state index contributed by atoms with van der Waals surface area (Å²) in [6, 6.07) is 14.5. The Balaban J connectivity index is 1.31. The van der Waals surface area contributed by atoms with E-state index in [1.807, 2.05) is 23.1 Å². The van der Waals surface area contributed by atoms with Crippen molar-refractivity contribution in [3.63, 3.8) is 0 Å². The van der Waals surface area contributed by atoms with Crippen molar-refractivity contribution in [2.24, 2.45) is 5.92 Å². The van der Waals surface area contributed by atoms with Crippen LogP contribution in [0.2, 0.25) is 5.02 Å². The van der Waals surface area contributed by atoms with Gasteiger partial charge < -0.3 is 9.80 Å². The molecule has 4 rings (SSSR count). The lowest BCUT2D eigenvalue weighted by molar-refractivity contribution is -0.137. The van der Waals surface area contributed by atoms with Crippen molar-refractivity contribution in [3.05, 3.63) is 64.9 Å². The predicted octanol–water partition coefficient (Wildman–Crippen LogP) is 4.04. The number of likely N-dealkylation sites (tertiary alicyclic amines) is 1. The van der Waals surface area contributed by atoms with Gasteiger partial charge in [0.1, 0.15) is 5.82 Å². The fraction of sp³-hybridized carbons (Fsp3) is 0.435. The summed E-state index contributed by atoms with van der Waals surface area (Å²) >= 11 is 6.31. The molecule has 1 unspecified atom stereocenters. The number of piperidine rings is 1. The van der Waals surface area contributed by atoms with Gasteiger partial charge in [0, 0.05) is 50.0 Å². The second kappa shape index (κ2) is 9.14. The van der Waals surface area contributed by atoms with Crippen molar-refractivity contribution in [3.8, 4) is 0 Å². The molecule has 0 saturated carbocycles. The number of piperazine rings is 1. The molecule has 154 valence electrons. The van der Waals surface area contributed by atoms with Crippen LogP contribution in [0.3, 0.4) is 0 Å². The average Bonchev–Trinajstić information content (AvgIpc) is 2.76. The van der Waals surface area contributed by atoms with Crippen molar-refractivity contribution in [1.29, 1.82) is 0 Å². The molecule has 2 aliphatic rings. The standard InChI is InChI=1S/C23H27ClFN3O/c24-22-6-2-1-4-18(22)16-26-11-3-5-19(17-26)23(29)28-14-12-27(13-15-28)21-9-7-20(25)8-10-21/h1-2,4,6-10,19H,3,5,11-17H2. The fourth-order valence-corrected chi connectivity index (χ4v) is 4.56. The minimum absolute atomic E-state index is 0.0589. The highest BCUT2D eigenvalue weighted by Gasteiger charge is 2.31. The van der Waals surface area contributed by atoms with Gasteiger partial charge in [0.2, 0.25) is 5.91 Å². The molecule has 6 heteroatoms. The first kappa shape index (κ1) is 20.2. The highest BCUT2D eigenvalue weighted by Crippen LogP contribution is 2.24. The van der Waals surface area contributed by atoms with Crippen LogP contribution < -0.4 is 4.90 Å². The smallest absolute Gasteiger partial charge is 0.227 e. The third-order valence-corrected chi connectivity index (χ3v) is 6.36. The van der Waals surface area contributed by atoms with Crippen LogP contribution in [-0.4, -0.2) is 55.0 Å². The third kappa shape index (κ3) is 4.90. The van der Waals surface area contributed by atoms with E-state index in [-0.39, 0.29) is 17.6 Å². The molecule has 0 aromatic heterocycles. The molecule has 1 amide bonds. The van der Waals surface area contributed by atoms with E-state index in [0.29, 0.717) is 0 Å². The zero-order valence-electron chi connectivity index (χ0n) is 16.6. The van der Waals surface area contributed by atoms with Crippen molar-refractivity contribution in [2.45, 2.75) is 19.4 Å². The van der Waals surface area contributed by atoms with Gasteiger partial charge in [0.15, 0.2) is 0 Å². The van der Waals surface area contributed by atoms with Crippen LogP contribution in [-0.2, 0) is 11.3 Å². The molecule has 2 fully saturated rings. The molecule has 2 aromatic carbocycles. The lowest BCUT2D eigenvalue weighted by Gasteiger charge is -2.39. The highest BCUT2D eigenvalue weighted by molar-refractivity contribution is 6.31. The van der Waals surface area contributed by atoms with Gasteiger partial charge in [0.25, 0.3) is 0 Å². The summed E-state index contributed by atoms with van der Waals surface area (Å²) in [5.41, 5.74) is 2.14. The summed E-state index contributed by atoms with van der Waals surface area (Å²) in [5, 5.41) is 0.790. The molecule has 0 bridgehead atoms. The van der Waals surface area contributed by atoms with Crippen LogP contribution in [0.1, 0.15) is 18.4 Å². The Hall–Kier alpha value is -2.11. The van der Waals surface area contributed by atoms with Gasteiger partial charge in [-0.1, -0.05) is 29.8 Å². The zero-order valence-corrected chi connectivity index (χ0v) is 17.3. The Morgan fingerprint density at radius 1 is 1.00 bits per heavy atom. The number of rotatable bonds is 4. The monoisotopic (exact) mass is 415 g/mol. The Kier molecular flexibility index (Phi) is 6.36. The molecule has 4 nitrogen and oxygen atoms in total. The number of carbonyl (C=O) groups excluding carboxylic acids is 1. The summed E-state index contributed by atoms with van der Waals surface area (Å²) in [7, 11) is 0. The van der Waals surface area contributed by atoms with Gasteiger partial charge >= 0.3 is 0 Å². The van der Waals surface area contributed by atoms with Crippen LogP contribution in [0.15, 0.2) is 48.5 Å². The van der Waals surface area contributed by atoms with Gasteiger partial charge in [-0.3, -0.25) is 9.69 Å². The van der Waals surface area contributed by atoms with Crippen molar-refractivity contribution in [2.75, 3.05) is 44.2 Å². The van der Waals surface area contributed by atoms with Crippen LogP contribution in [0.25, 0.3) is 0 Å². The molecule has 0 radical (unpaired) electrons. The minimum Gasteiger partial charge on any atom is -0.368 e. The molecule has 2 aromatic rings. The van der Waals surface area contributed by atoms with E-state index >= 15 is 0 Å². The van der Waals surface area contributed by atoms with E-state index in [1.165, 1.54) is 12.1 Å². The molecule has 0 spiro atoms. The average molecular weight is 416 g/mol. The number of benzene rings is 2. The Bertz CT molecular complexity index is 836. The molecule has 0 N–H and O–H groups in total. The van der Waals surface area contributed by atoms with Gasteiger partial charge in [-0.25, -0.2) is 4.39 Å². The van der Waals surface area contributed by atoms with Gasteiger partial charge in [-0.15, -0.1) is 0 Å². The van der Waals surface area contributed by atoms with Crippen LogP contribution in [0.5, 0.6) is 0 Å². The summed E-state index contributed by atoms with van der Waals surface area (Å²) in [6.07, 6.45) is 1.99. The first-order valence-electron chi connectivity index (χ1n) is 10.4. The molecule has 29 heavy (non-hydrogen) atoms. The van der Waals surface area contributed by atoms with E-state index in [9.17, 15) is 9.18 Å². The lowest BCUT2D eigenvalue weighted by atomic mass is 9.95. The lowest BCUT2D eigenvalue weighted by Crippen LogP contribution is -2.52. The minimum atomic E-state index is -0.221. The molecule has 2 aliphatic heterocycles. The van der Waals surface area contributed by atoms with Crippen molar-refractivity contribution >= 4 is 23.2 Å². The Morgan fingerprint density at radius 2 is 1.72 bits per heavy atom. The summed E-state index contributed by atoms with van der Waals surface area (Å²) < 4.78 is 13.1. The maximum absolute atomic E-state index is 13.1. The summed E-state index contributed by atoms with van der Waals surface area (Å²) in [5.74, 6) is 0.109. The zero-order chi connectivity index (χ0) is 20.2. The van der Waals surface area contributed by atoms with E-state index in [1.54, 1.807) is 12.1 Å². The van der Waals surface area contributed by atoms with Crippen LogP contribution in [0.4, 0.5) is 10.1 Å². The normalized spacial score (nSPS) is 20.7. The van der Waals surface area contributed by atoms with E-state index in [0.717, 1.165) is 74.9 Å². The van der Waals surface area contributed by atoms with Gasteiger partial charge in [-0.05, 0) is 55.3 Å². The Labute approximate surface area is 176 Å². The summed E-state index contributed by atoms with van der Waals surface area (Å²) in [4.78, 5) is 19.7. The second-order valence-electron chi connectivity index (χ2n) is 7.95. The Morgan fingerprint density at radius 3 is 2.45 bits per heavy atom. The second-order valence-corrected chi connectivity index (χ2v) is 8.36. The topological polar surface area (TPSA) is 26.8 Å². The van der Waals surface area contributed by atoms with Crippen LogP contribution in [0, 0.1) is 11.7 Å². The fourth-order valence-electron chi connectivity index (χ4n) is 4.36. The third-order valence-electron chi connectivity index (χ3n) is 5.99. The maximum Gasteiger partial charge on any atom is 0.227 e. The van der Waals surface area contributed by atoms with E-state index in [4.69, 9.17) is 11.6 Å². The first-order chi connectivity index (χ1) is 14.1. The van der Waals surface area contributed by atoms with Crippen molar-refractivity contribution in [1.82, 2.24) is 9.80 Å². The van der Waals surface area contributed by atoms with Crippen molar-refractivity contribution < 1.29 is 9.18 Å². The molecule has 2 heterocycles. The number of amides is 1. The number of carbonyl (C=O) groups is 1. The number of hydrogen-bond donors (Lipinski definition) is 0. The van der Waals surface area contributed by atoms with Gasteiger partial charge in [0.05, 0.1) is 5.92 Å². The van der Waals surface area contributed by atoms with E-state index < -0.39 is 0 Å². The first-order valence-corrected chi connectivity index (χ1v) is 10.7. The number of halogens is 2. The molecular formula is C23H27ClFN3O. The molecule has 2 saturated heterocycles. The molecular weight excluding hydrogens is 389 g/mol. The summed E-state index contributed by atoms with van der Waals surface area (Å²) in [6.45, 7) is 5.60. The largest absolute Gasteiger partial charge is 0.368 e. The van der Waals surface area contributed by atoms with E-state index in [2.05, 4.69) is 15.9 Å². The van der Waals surface area contributed by atoms with Crippen LogP contribution >= 0.6 is 11.6 Å².